The second-order valence-electron chi connectivity index (χ2n) is 8.09. The maximum Gasteiger partial charge on any atom is 0.333 e. The fraction of sp³-hybridized carbons (Fsp3) is 0.333. The van der Waals surface area contributed by atoms with E-state index in [0.29, 0.717) is 6.54 Å². The summed E-state index contributed by atoms with van der Waals surface area (Å²) in [4.78, 5) is 20.8. The second-order valence-corrected chi connectivity index (χ2v) is 9.31. The summed E-state index contributed by atoms with van der Waals surface area (Å²) in [6.45, 7) is -0.291. The Bertz CT molecular complexity index is 1300. The second kappa shape index (κ2) is 9.73. The van der Waals surface area contributed by atoms with Gasteiger partial charge in [-0.15, -0.1) is 0 Å². The van der Waals surface area contributed by atoms with Crippen molar-refractivity contribution in [1.82, 2.24) is 19.7 Å². The number of nitrogens with two attached hydrogens (primary N) is 1. The molecule has 1 aliphatic carbocycles. The Morgan fingerprint density at radius 3 is 2.74 bits per heavy atom. The molecule has 0 radical (unpaired) electrons. The van der Waals surface area contributed by atoms with Crippen molar-refractivity contribution in [3.63, 3.8) is 0 Å². The van der Waals surface area contributed by atoms with Gasteiger partial charge < -0.3 is 10.4 Å². The Labute approximate surface area is 199 Å². The number of carbonyl (C=O) groups is 1. The largest absolute Gasteiger partial charge is 0.386 e. The summed E-state index contributed by atoms with van der Waals surface area (Å²) in [6.07, 6.45) is 1.32. The number of nitrogens with zero attached hydrogens (tertiary/aromatic N) is 4. The molecule has 186 valence electrons. The maximum absolute atomic E-state index is 14.7. The van der Waals surface area contributed by atoms with Crippen LogP contribution in [-0.2, 0) is 21.0 Å². The van der Waals surface area contributed by atoms with E-state index in [2.05, 4.69) is 24.6 Å². The number of aliphatic hydroxyl groups is 1. The van der Waals surface area contributed by atoms with Gasteiger partial charge in [0.2, 0.25) is 5.78 Å². The van der Waals surface area contributed by atoms with Gasteiger partial charge >= 0.3 is 10.3 Å². The minimum Gasteiger partial charge on any atom is -0.386 e. The van der Waals surface area contributed by atoms with Gasteiger partial charge in [0.1, 0.15) is 23.9 Å². The van der Waals surface area contributed by atoms with Crippen molar-refractivity contribution in [3.8, 4) is 0 Å². The van der Waals surface area contributed by atoms with E-state index in [9.17, 15) is 27.1 Å². The molecule has 35 heavy (non-hydrogen) atoms. The minimum absolute atomic E-state index is 0.0661. The van der Waals surface area contributed by atoms with Crippen molar-refractivity contribution in [2.75, 3.05) is 11.9 Å². The Balaban J connectivity index is 1.51. The fourth-order valence-electron chi connectivity index (χ4n) is 3.86. The summed E-state index contributed by atoms with van der Waals surface area (Å²) in [5.74, 6) is -5.66. The summed E-state index contributed by atoms with van der Waals surface area (Å²) < 4.78 is 57.4. The zero-order valence-electron chi connectivity index (χ0n) is 18.2. The van der Waals surface area contributed by atoms with Gasteiger partial charge in [-0.2, -0.15) is 13.5 Å². The first-order valence-corrected chi connectivity index (χ1v) is 11.9. The number of aliphatic hydroxyl groups excluding tert-OH is 1. The van der Waals surface area contributed by atoms with Crippen LogP contribution in [0.25, 0.3) is 0 Å². The van der Waals surface area contributed by atoms with Gasteiger partial charge in [-0.25, -0.2) is 23.9 Å². The van der Waals surface area contributed by atoms with Gasteiger partial charge in [-0.1, -0.05) is 30.3 Å². The molecule has 1 saturated carbocycles. The molecule has 1 aromatic carbocycles. The van der Waals surface area contributed by atoms with E-state index in [0.717, 1.165) is 11.9 Å². The number of hydrogen-bond donors (Lipinski definition) is 3. The average Bonchev–Trinajstić information content (AvgIpc) is 3.36. The molecule has 2 aromatic heterocycles. The Kier molecular flexibility index (Phi) is 6.89. The molecular weight excluding hydrogens is 486 g/mol. The maximum atomic E-state index is 14.7. The zero-order valence-corrected chi connectivity index (χ0v) is 19.0. The van der Waals surface area contributed by atoms with Crippen LogP contribution in [0.15, 0.2) is 55.1 Å². The third kappa shape index (κ3) is 5.67. The van der Waals surface area contributed by atoms with Gasteiger partial charge in [0.25, 0.3) is 5.92 Å². The molecule has 3 aromatic rings. The molecule has 0 spiro atoms. The molecule has 4 rings (SSSR count). The lowest BCUT2D eigenvalue weighted by Gasteiger charge is -2.23. The van der Waals surface area contributed by atoms with Gasteiger partial charge in [-0.05, 0) is 18.1 Å². The van der Waals surface area contributed by atoms with E-state index in [1.165, 1.54) is 12.3 Å². The number of aromatic nitrogens is 4. The first-order valence-electron chi connectivity index (χ1n) is 10.5. The Morgan fingerprint density at radius 2 is 2.03 bits per heavy atom. The number of anilines is 1. The number of benzene rings is 1. The van der Waals surface area contributed by atoms with Gasteiger partial charge in [0, 0.05) is 18.3 Å². The van der Waals surface area contributed by atoms with Crippen molar-refractivity contribution < 1.29 is 31.3 Å². The predicted octanol–water partition coefficient (Wildman–Crippen LogP) is 0.969. The molecule has 14 heteroatoms. The van der Waals surface area contributed by atoms with Crippen LogP contribution in [0, 0.1) is 5.92 Å². The third-order valence-electron chi connectivity index (χ3n) is 5.62. The summed E-state index contributed by atoms with van der Waals surface area (Å²) in [7, 11) is -4.37. The van der Waals surface area contributed by atoms with Crippen LogP contribution in [0.2, 0.25) is 0 Å². The fourth-order valence-corrected chi connectivity index (χ4v) is 4.23. The molecule has 0 aliphatic heterocycles. The number of hydrogen-bond acceptors (Lipinski definition) is 9. The highest BCUT2D eigenvalue weighted by molar-refractivity contribution is 7.84. The molecule has 11 nitrogen and oxygen atoms in total. The summed E-state index contributed by atoms with van der Waals surface area (Å²) >= 11 is 0. The van der Waals surface area contributed by atoms with Crippen LogP contribution in [0.4, 0.5) is 14.6 Å². The van der Waals surface area contributed by atoms with E-state index in [4.69, 9.17) is 5.14 Å². The van der Waals surface area contributed by atoms with Crippen molar-refractivity contribution in [2.24, 2.45) is 11.1 Å². The highest BCUT2D eigenvalue weighted by Gasteiger charge is 2.57. The highest BCUT2D eigenvalue weighted by atomic mass is 32.2. The molecule has 2 heterocycles. The van der Waals surface area contributed by atoms with Crippen molar-refractivity contribution in [3.05, 3.63) is 71.9 Å². The predicted molar refractivity (Wildman–Crippen MR) is 119 cm³/mol. The normalized spacial score (nSPS) is 21.7. The standard InChI is InChI=1S/C21H22F2N6O5S/c22-21(23)17(8-14(19(21)31)11-34-35(24,32)33)27-20-15(9-25-12-26-20)18(30)16-6-7-29(28-16)10-13-4-2-1-3-5-13/h1-7,9,12,14,17,19,31H,8,10-11H2,(H2,24,32,33)(H,25,26,27)/t14-,17?,19-/m1/s1. The van der Waals surface area contributed by atoms with E-state index < -0.39 is 46.7 Å². The average molecular weight is 509 g/mol. The molecular formula is C21H22F2N6O5S. The number of rotatable bonds is 9. The van der Waals surface area contributed by atoms with Crippen LogP contribution in [0.3, 0.4) is 0 Å². The molecule has 1 fully saturated rings. The van der Waals surface area contributed by atoms with Crippen LogP contribution in [0.5, 0.6) is 0 Å². The summed E-state index contributed by atoms with van der Waals surface area (Å²) in [5, 5.41) is 21.5. The summed E-state index contributed by atoms with van der Waals surface area (Å²) in [5.41, 5.74) is 0.950. The highest BCUT2D eigenvalue weighted by Crippen LogP contribution is 2.41. The number of nitrogens with one attached hydrogen (secondary N) is 1. The number of ketones is 1. The number of halogens is 2. The lowest BCUT2D eigenvalue weighted by molar-refractivity contribution is -0.106. The lowest BCUT2D eigenvalue weighted by Crippen LogP contribution is -2.43. The van der Waals surface area contributed by atoms with Gasteiger partial charge in [-0.3, -0.25) is 13.7 Å². The van der Waals surface area contributed by atoms with E-state index in [-0.39, 0.29) is 23.5 Å². The van der Waals surface area contributed by atoms with Crippen LogP contribution in [-0.4, -0.2) is 63.7 Å². The van der Waals surface area contributed by atoms with E-state index >= 15 is 0 Å². The molecule has 0 bridgehead atoms. The first kappa shape index (κ1) is 24.8. The van der Waals surface area contributed by atoms with Crippen LogP contribution < -0.4 is 10.5 Å². The Hall–Kier alpha value is -3.33. The SMILES string of the molecule is NS(=O)(=O)OC[C@H]1CC(Nc2ncncc2C(=O)c2ccn(Cc3ccccc3)n2)C(F)(F)[C@@H]1O. The smallest absolute Gasteiger partial charge is 0.333 e. The Morgan fingerprint density at radius 1 is 1.29 bits per heavy atom. The monoisotopic (exact) mass is 508 g/mol. The van der Waals surface area contributed by atoms with Crippen molar-refractivity contribution in [1.29, 1.82) is 0 Å². The molecule has 0 amide bonds. The van der Waals surface area contributed by atoms with Crippen LogP contribution >= 0.6 is 0 Å². The van der Waals surface area contributed by atoms with Gasteiger partial charge in [0.15, 0.2) is 0 Å². The minimum atomic E-state index is -4.37. The number of carbonyl (C=O) groups excluding carboxylic acids is 1. The summed E-state index contributed by atoms with van der Waals surface area (Å²) in [6, 6.07) is 9.30. The third-order valence-corrected chi connectivity index (χ3v) is 6.08. The molecule has 1 unspecified atom stereocenters. The van der Waals surface area contributed by atoms with Crippen LogP contribution in [0.1, 0.15) is 28.0 Å². The van der Waals surface area contributed by atoms with Gasteiger partial charge in [0.05, 0.1) is 24.8 Å². The van der Waals surface area contributed by atoms with Crippen molar-refractivity contribution >= 4 is 21.9 Å². The van der Waals surface area contributed by atoms with E-state index in [1.807, 2.05) is 30.3 Å². The van der Waals surface area contributed by atoms with Crippen molar-refractivity contribution in [2.45, 2.75) is 31.0 Å². The molecule has 0 saturated heterocycles. The molecule has 3 atom stereocenters. The first-order chi connectivity index (χ1) is 16.5. The molecule has 4 N–H and O–H groups in total. The quantitative estimate of drug-likeness (QED) is 0.358. The topological polar surface area (TPSA) is 162 Å². The lowest BCUT2D eigenvalue weighted by atomic mass is 10.1. The number of alkyl halides is 2. The van der Waals surface area contributed by atoms with E-state index in [1.54, 1.807) is 10.9 Å². The zero-order chi connectivity index (χ0) is 25.2. The molecule has 1 aliphatic rings.